The molecule has 0 aliphatic rings. The Balaban J connectivity index is 1.61. The molecule has 0 saturated heterocycles. The third-order valence-corrected chi connectivity index (χ3v) is 3.54. The summed E-state index contributed by atoms with van der Waals surface area (Å²) < 4.78 is 10.9. The minimum absolute atomic E-state index is 0.304. The molecule has 0 unspecified atom stereocenters. The van der Waals surface area contributed by atoms with Gasteiger partial charge in [-0.15, -0.1) is 0 Å². The van der Waals surface area contributed by atoms with Crippen LogP contribution in [0.25, 0.3) is 11.3 Å². The molecule has 0 bridgehead atoms. The fourth-order valence-corrected chi connectivity index (χ4v) is 2.39. The summed E-state index contributed by atoms with van der Waals surface area (Å²) in [4.78, 5) is 6.63. The summed E-state index contributed by atoms with van der Waals surface area (Å²) in [6.07, 6.45) is 1.73. The normalized spacial score (nSPS) is 11.5. The highest BCUT2D eigenvalue weighted by molar-refractivity contribution is 5.56. The molecule has 120 valence electrons. The Hall–Kier alpha value is -2.40. The van der Waals surface area contributed by atoms with Crippen LogP contribution in [0.4, 0.5) is 0 Å². The second-order valence-electron chi connectivity index (χ2n) is 6.05. The number of nitrogens with zero attached hydrogens (tertiary/aromatic N) is 3. The summed E-state index contributed by atoms with van der Waals surface area (Å²) in [7, 11) is 2.03. The van der Waals surface area contributed by atoms with E-state index in [0.717, 1.165) is 28.6 Å². The van der Waals surface area contributed by atoms with Crippen molar-refractivity contribution >= 4 is 0 Å². The summed E-state index contributed by atoms with van der Waals surface area (Å²) >= 11 is 0. The van der Waals surface area contributed by atoms with E-state index in [1.807, 2.05) is 43.4 Å². The zero-order chi connectivity index (χ0) is 16.2. The first-order valence-corrected chi connectivity index (χ1v) is 7.75. The fourth-order valence-electron chi connectivity index (χ4n) is 2.39. The van der Waals surface area contributed by atoms with Gasteiger partial charge in [-0.25, -0.2) is 4.98 Å². The molecule has 0 fully saturated rings. The molecule has 0 aliphatic heterocycles. The van der Waals surface area contributed by atoms with E-state index in [-0.39, 0.29) is 0 Å². The third-order valence-electron chi connectivity index (χ3n) is 3.54. The zero-order valence-corrected chi connectivity index (χ0v) is 13.7. The fraction of sp³-hybridized carbons (Fsp3) is 0.333. The average molecular weight is 311 g/mol. The standard InChI is InChI=1S/C18H21N3O2/c1-13(2)18-19-16(12-22-18)11-21(3)10-15-9-17(23-20-15)14-7-5-4-6-8-14/h4-9,12-13H,10-11H2,1-3H3. The molecule has 0 amide bonds. The van der Waals surface area contributed by atoms with Gasteiger partial charge in [0.15, 0.2) is 11.7 Å². The Bertz CT molecular complexity index is 746. The highest BCUT2D eigenvalue weighted by atomic mass is 16.5. The van der Waals surface area contributed by atoms with Crippen molar-refractivity contribution in [1.82, 2.24) is 15.0 Å². The van der Waals surface area contributed by atoms with Crippen LogP contribution < -0.4 is 0 Å². The summed E-state index contributed by atoms with van der Waals surface area (Å²) in [5.41, 5.74) is 2.87. The molecule has 1 aromatic carbocycles. The minimum Gasteiger partial charge on any atom is -0.448 e. The maximum Gasteiger partial charge on any atom is 0.196 e. The van der Waals surface area contributed by atoms with Crippen molar-refractivity contribution in [2.24, 2.45) is 0 Å². The summed E-state index contributed by atoms with van der Waals surface area (Å²) in [5, 5.41) is 4.15. The molecule has 0 spiro atoms. The molecular formula is C18H21N3O2. The molecule has 3 aromatic rings. The molecule has 0 N–H and O–H groups in total. The molecule has 2 heterocycles. The number of oxazole rings is 1. The van der Waals surface area contributed by atoms with Crippen LogP contribution in [-0.4, -0.2) is 22.1 Å². The highest BCUT2D eigenvalue weighted by Crippen LogP contribution is 2.20. The van der Waals surface area contributed by atoms with Crippen LogP contribution >= 0.6 is 0 Å². The van der Waals surface area contributed by atoms with Gasteiger partial charge < -0.3 is 8.94 Å². The molecule has 5 nitrogen and oxygen atoms in total. The van der Waals surface area contributed by atoms with Gasteiger partial charge >= 0.3 is 0 Å². The van der Waals surface area contributed by atoms with E-state index in [1.54, 1.807) is 6.26 Å². The van der Waals surface area contributed by atoms with Crippen LogP contribution in [-0.2, 0) is 13.1 Å². The lowest BCUT2D eigenvalue weighted by atomic mass is 10.1. The smallest absolute Gasteiger partial charge is 0.196 e. The lowest BCUT2D eigenvalue weighted by Gasteiger charge is -2.12. The molecule has 0 aliphatic carbocycles. The van der Waals surface area contributed by atoms with Crippen molar-refractivity contribution in [3.63, 3.8) is 0 Å². The van der Waals surface area contributed by atoms with Crippen molar-refractivity contribution in [2.45, 2.75) is 32.9 Å². The summed E-state index contributed by atoms with van der Waals surface area (Å²) in [6, 6.07) is 12.0. The van der Waals surface area contributed by atoms with Crippen molar-refractivity contribution in [3.8, 4) is 11.3 Å². The van der Waals surface area contributed by atoms with Gasteiger partial charge in [-0.05, 0) is 7.05 Å². The van der Waals surface area contributed by atoms with Crippen LogP contribution in [0.3, 0.4) is 0 Å². The van der Waals surface area contributed by atoms with E-state index in [1.165, 1.54) is 0 Å². The Morgan fingerprint density at radius 3 is 2.52 bits per heavy atom. The van der Waals surface area contributed by atoms with Gasteiger partial charge in [0.1, 0.15) is 6.26 Å². The first-order chi connectivity index (χ1) is 11.1. The first-order valence-electron chi connectivity index (χ1n) is 7.75. The number of hydrogen-bond donors (Lipinski definition) is 0. The van der Waals surface area contributed by atoms with Crippen LogP contribution in [0.1, 0.15) is 37.0 Å². The predicted octanol–water partition coefficient (Wildman–Crippen LogP) is 4.09. The van der Waals surface area contributed by atoms with Crippen LogP contribution in [0.2, 0.25) is 0 Å². The van der Waals surface area contributed by atoms with Crippen molar-refractivity contribution < 1.29 is 8.94 Å². The van der Waals surface area contributed by atoms with E-state index in [2.05, 4.69) is 28.9 Å². The second-order valence-corrected chi connectivity index (χ2v) is 6.05. The van der Waals surface area contributed by atoms with Gasteiger partial charge in [-0.2, -0.15) is 0 Å². The largest absolute Gasteiger partial charge is 0.448 e. The quantitative estimate of drug-likeness (QED) is 0.686. The predicted molar refractivity (Wildman–Crippen MR) is 87.7 cm³/mol. The minimum atomic E-state index is 0.304. The van der Waals surface area contributed by atoms with Gasteiger partial charge in [-0.1, -0.05) is 49.3 Å². The number of benzene rings is 1. The topological polar surface area (TPSA) is 55.3 Å². The molecule has 5 heteroatoms. The van der Waals surface area contributed by atoms with E-state index in [4.69, 9.17) is 8.94 Å². The molecule has 0 radical (unpaired) electrons. The lowest BCUT2D eigenvalue weighted by Crippen LogP contribution is -2.17. The molecule has 3 rings (SSSR count). The third kappa shape index (κ3) is 3.87. The molecule has 2 aromatic heterocycles. The van der Waals surface area contributed by atoms with Gasteiger partial charge in [0, 0.05) is 30.6 Å². The van der Waals surface area contributed by atoms with E-state index >= 15 is 0 Å². The summed E-state index contributed by atoms with van der Waals surface area (Å²) in [6.45, 7) is 5.55. The monoisotopic (exact) mass is 311 g/mol. The van der Waals surface area contributed by atoms with Crippen molar-refractivity contribution in [3.05, 3.63) is 59.9 Å². The Morgan fingerprint density at radius 1 is 1.09 bits per heavy atom. The van der Waals surface area contributed by atoms with Gasteiger partial charge in [0.05, 0.1) is 11.4 Å². The molecule has 0 atom stereocenters. The van der Waals surface area contributed by atoms with Crippen molar-refractivity contribution in [2.75, 3.05) is 7.05 Å². The van der Waals surface area contributed by atoms with Crippen LogP contribution in [0, 0.1) is 0 Å². The second kappa shape index (κ2) is 6.79. The Labute approximate surface area is 135 Å². The van der Waals surface area contributed by atoms with Crippen LogP contribution in [0.5, 0.6) is 0 Å². The average Bonchev–Trinajstić information content (AvgIpc) is 3.18. The maximum absolute atomic E-state index is 5.47. The highest BCUT2D eigenvalue weighted by Gasteiger charge is 2.12. The van der Waals surface area contributed by atoms with Gasteiger partial charge in [0.2, 0.25) is 0 Å². The Kier molecular flexibility index (Phi) is 4.57. The lowest BCUT2D eigenvalue weighted by molar-refractivity contribution is 0.301. The van der Waals surface area contributed by atoms with Gasteiger partial charge in [0.25, 0.3) is 0 Å². The van der Waals surface area contributed by atoms with Crippen molar-refractivity contribution in [1.29, 1.82) is 0 Å². The van der Waals surface area contributed by atoms with E-state index in [9.17, 15) is 0 Å². The molecule has 0 saturated carbocycles. The first kappa shape index (κ1) is 15.5. The molecule has 23 heavy (non-hydrogen) atoms. The number of rotatable bonds is 6. The van der Waals surface area contributed by atoms with E-state index in [0.29, 0.717) is 19.0 Å². The SMILES string of the molecule is CC(C)c1nc(CN(C)Cc2cc(-c3ccccc3)on2)co1. The zero-order valence-electron chi connectivity index (χ0n) is 13.7. The Morgan fingerprint density at radius 2 is 1.83 bits per heavy atom. The summed E-state index contributed by atoms with van der Waals surface area (Å²) in [5.74, 6) is 1.87. The maximum atomic E-state index is 5.47. The van der Waals surface area contributed by atoms with Crippen LogP contribution in [0.15, 0.2) is 51.6 Å². The number of hydrogen-bond acceptors (Lipinski definition) is 5. The van der Waals surface area contributed by atoms with E-state index < -0.39 is 0 Å². The molecular weight excluding hydrogens is 290 g/mol. The number of aromatic nitrogens is 2. The van der Waals surface area contributed by atoms with Gasteiger partial charge in [-0.3, -0.25) is 4.90 Å².